The minimum Gasteiger partial charge on any atom is -0.467 e. The first-order chi connectivity index (χ1) is 14.7. The molecule has 1 aromatic heterocycles. The quantitative estimate of drug-likeness (QED) is 0.675. The van der Waals surface area contributed by atoms with Crippen LogP contribution >= 0.6 is 0 Å². The Morgan fingerprint density at radius 1 is 1.10 bits per heavy atom. The number of para-hydroxylation sites is 1. The Balaban J connectivity index is 1.42. The molecule has 3 aromatic rings. The molecule has 1 aliphatic heterocycles. The summed E-state index contributed by atoms with van der Waals surface area (Å²) < 4.78 is 11.4. The fourth-order valence-electron chi connectivity index (χ4n) is 4.34. The lowest BCUT2D eigenvalue weighted by molar-refractivity contribution is -0.122. The van der Waals surface area contributed by atoms with Crippen molar-refractivity contribution >= 4 is 11.6 Å². The van der Waals surface area contributed by atoms with E-state index in [2.05, 4.69) is 17.2 Å². The van der Waals surface area contributed by atoms with Gasteiger partial charge in [-0.2, -0.15) is 0 Å². The second-order valence-corrected chi connectivity index (χ2v) is 8.08. The lowest BCUT2D eigenvalue weighted by atomic mass is 9.82. The van der Waals surface area contributed by atoms with Crippen molar-refractivity contribution in [1.29, 1.82) is 0 Å². The predicted octanol–water partition coefficient (Wildman–Crippen LogP) is 4.93. The highest BCUT2D eigenvalue weighted by atomic mass is 16.7. The molecular formula is C25H24N2O3. The van der Waals surface area contributed by atoms with E-state index < -0.39 is 5.41 Å². The van der Waals surface area contributed by atoms with E-state index >= 15 is 0 Å². The number of amides is 1. The first-order valence-electron chi connectivity index (χ1n) is 10.3. The van der Waals surface area contributed by atoms with Gasteiger partial charge in [0, 0.05) is 28.9 Å². The zero-order chi connectivity index (χ0) is 20.6. The van der Waals surface area contributed by atoms with Crippen LogP contribution in [-0.2, 0) is 9.53 Å². The van der Waals surface area contributed by atoms with Crippen LogP contribution in [0, 0.1) is 12.3 Å². The summed E-state index contributed by atoms with van der Waals surface area (Å²) in [6.07, 6.45) is 3.48. The molecule has 0 spiro atoms. The van der Waals surface area contributed by atoms with E-state index in [1.165, 1.54) is 0 Å². The molecule has 30 heavy (non-hydrogen) atoms. The van der Waals surface area contributed by atoms with E-state index in [0.29, 0.717) is 6.61 Å². The number of anilines is 1. The lowest BCUT2D eigenvalue weighted by Gasteiger charge is -2.25. The van der Waals surface area contributed by atoms with Crippen LogP contribution in [0.15, 0.2) is 66.9 Å². The van der Waals surface area contributed by atoms with Gasteiger partial charge in [-0.15, -0.1) is 0 Å². The summed E-state index contributed by atoms with van der Waals surface area (Å²) in [6.45, 7) is 2.76. The summed E-state index contributed by atoms with van der Waals surface area (Å²) >= 11 is 0. The maximum atomic E-state index is 13.4. The Morgan fingerprint density at radius 2 is 1.93 bits per heavy atom. The minimum absolute atomic E-state index is 0.0168. The Labute approximate surface area is 176 Å². The van der Waals surface area contributed by atoms with E-state index in [0.717, 1.165) is 46.7 Å². The third-order valence-electron chi connectivity index (χ3n) is 6.22. The summed E-state index contributed by atoms with van der Waals surface area (Å²) in [4.78, 5) is 17.9. The number of hydrogen-bond donors (Lipinski definition) is 1. The van der Waals surface area contributed by atoms with Gasteiger partial charge < -0.3 is 14.8 Å². The Hall–Kier alpha value is -3.18. The fraction of sp³-hybridized carbons (Fsp3) is 0.280. The van der Waals surface area contributed by atoms with Crippen LogP contribution < -0.4 is 10.1 Å². The number of ether oxygens (including phenoxy) is 2. The maximum Gasteiger partial charge on any atom is 0.231 e. The number of rotatable bonds is 4. The standard InChI is InChI=1S/C25H24N2O3/c1-17-9-10-18(14-20(17)22-7-4-5-13-26-22)27-24(28)25(11-12-25)21-15-29-16-30-23-8-3-2-6-19(21)23/h2-10,13-14,21H,11-12,15-16H2,1H3,(H,27,28). The highest BCUT2D eigenvalue weighted by Gasteiger charge is 2.57. The van der Waals surface area contributed by atoms with Crippen LogP contribution in [0.25, 0.3) is 11.3 Å². The number of aromatic nitrogens is 1. The molecule has 1 atom stereocenters. The molecule has 0 saturated heterocycles. The number of benzene rings is 2. The molecule has 2 heterocycles. The molecule has 5 rings (SSSR count). The van der Waals surface area contributed by atoms with E-state index in [9.17, 15) is 4.79 Å². The van der Waals surface area contributed by atoms with Crippen LogP contribution in [0.3, 0.4) is 0 Å². The van der Waals surface area contributed by atoms with E-state index in [1.54, 1.807) is 6.20 Å². The van der Waals surface area contributed by atoms with Crippen LogP contribution in [0.1, 0.15) is 29.9 Å². The summed E-state index contributed by atoms with van der Waals surface area (Å²) in [6, 6.07) is 19.8. The summed E-state index contributed by atoms with van der Waals surface area (Å²) in [5.74, 6) is 0.840. The number of carbonyl (C=O) groups is 1. The molecule has 152 valence electrons. The zero-order valence-electron chi connectivity index (χ0n) is 16.9. The Bertz CT molecular complexity index is 1080. The molecular weight excluding hydrogens is 376 g/mol. The van der Waals surface area contributed by atoms with E-state index in [4.69, 9.17) is 9.47 Å². The van der Waals surface area contributed by atoms with Crippen LogP contribution in [0.2, 0.25) is 0 Å². The van der Waals surface area contributed by atoms with Gasteiger partial charge >= 0.3 is 0 Å². The van der Waals surface area contributed by atoms with E-state index in [1.807, 2.05) is 60.7 Å². The van der Waals surface area contributed by atoms with Crippen LogP contribution in [0.4, 0.5) is 5.69 Å². The molecule has 0 bridgehead atoms. The number of aryl methyl sites for hydroxylation is 1. The average molecular weight is 400 g/mol. The van der Waals surface area contributed by atoms with Gasteiger partial charge in [0.05, 0.1) is 17.7 Å². The zero-order valence-corrected chi connectivity index (χ0v) is 16.9. The first-order valence-corrected chi connectivity index (χ1v) is 10.3. The summed E-state index contributed by atoms with van der Waals surface area (Å²) in [5, 5.41) is 3.17. The van der Waals surface area contributed by atoms with Gasteiger partial charge in [-0.3, -0.25) is 9.78 Å². The van der Waals surface area contributed by atoms with Crippen molar-refractivity contribution in [2.75, 3.05) is 18.7 Å². The van der Waals surface area contributed by atoms with Gasteiger partial charge in [-0.05, 0) is 55.7 Å². The number of pyridine rings is 1. The number of nitrogens with one attached hydrogen (secondary N) is 1. The average Bonchev–Trinajstić information content (AvgIpc) is 3.59. The van der Waals surface area contributed by atoms with Gasteiger partial charge in [0.1, 0.15) is 5.75 Å². The molecule has 2 aliphatic rings. The van der Waals surface area contributed by atoms with Crippen molar-refractivity contribution in [2.24, 2.45) is 5.41 Å². The number of carbonyl (C=O) groups excluding carboxylic acids is 1. The molecule has 1 saturated carbocycles. The number of nitrogens with zero attached hydrogens (tertiary/aromatic N) is 1. The highest BCUT2D eigenvalue weighted by molar-refractivity contribution is 5.98. The monoisotopic (exact) mass is 400 g/mol. The third-order valence-corrected chi connectivity index (χ3v) is 6.22. The molecule has 5 nitrogen and oxygen atoms in total. The molecule has 2 aromatic carbocycles. The fourth-order valence-corrected chi connectivity index (χ4v) is 4.34. The SMILES string of the molecule is Cc1ccc(NC(=O)C2(C3COCOc4ccccc43)CC2)cc1-c1ccccn1. The van der Waals surface area contributed by atoms with Crippen molar-refractivity contribution in [3.8, 4) is 17.0 Å². The molecule has 0 radical (unpaired) electrons. The third kappa shape index (κ3) is 3.35. The molecule has 1 fully saturated rings. The lowest BCUT2D eigenvalue weighted by Crippen LogP contribution is -2.32. The second-order valence-electron chi connectivity index (χ2n) is 8.08. The van der Waals surface area contributed by atoms with Gasteiger partial charge in [0.25, 0.3) is 0 Å². The predicted molar refractivity (Wildman–Crippen MR) is 115 cm³/mol. The largest absolute Gasteiger partial charge is 0.467 e. The summed E-state index contributed by atoms with van der Waals surface area (Å²) in [5.41, 5.74) is 4.43. The van der Waals surface area contributed by atoms with Crippen molar-refractivity contribution < 1.29 is 14.3 Å². The van der Waals surface area contributed by atoms with Crippen LogP contribution in [0.5, 0.6) is 5.75 Å². The van der Waals surface area contributed by atoms with E-state index in [-0.39, 0.29) is 18.6 Å². The van der Waals surface area contributed by atoms with Gasteiger partial charge in [-0.25, -0.2) is 0 Å². The smallest absolute Gasteiger partial charge is 0.231 e. The second kappa shape index (κ2) is 7.58. The van der Waals surface area contributed by atoms with Crippen molar-refractivity contribution in [3.63, 3.8) is 0 Å². The molecule has 1 unspecified atom stereocenters. The van der Waals surface area contributed by atoms with Gasteiger partial charge in [0.2, 0.25) is 5.91 Å². The van der Waals surface area contributed by atoms with Crippen LogP contribution in [-0.4, -0.2) is 24.3 Å². The molecule has 1 aliphatic carbocycles. The number of fused-ring (bicyclic) bond motifs is 1. The van der Waals surface area contributed by atoms with Crippen molar-refractivity contribution in [1.82, 2.24) is 4.98 Å². The molecule has 1 N–H and O–H groups in total. The summed E-state index contributed by atoms with van der Waals surface area (Å²) in [7, 11) is 0. The van der Waals surface area contributed by atoms with Gasteiger partial charge in [-0.1, -0.05) is 30.3 Å². The highest BCUT2D eigenvalue weighted by Crippen LogP contribution is 2.58. The maximum absolute atomic E-state index is 13.4. The Kier molecular flexibility index (Phi) is 4.75. The topological polar surface area (TPSA) is 60.5 Å². The molecule has 1 amide bonds. The Morgan fingerprint density at radius 3 is 2.73 bits per heavy atom. The normalized spacial score (nSPS) is 19.2. The minimum atomic E-state index is -0.458. The van der Waals surface area contributed by atoms with Gasteiger partial charge in [0.15, 0.2) is 6.79 Å². The first kappa shape index (κ1) is 18.8. The molecule has 5 heteroatoms. The van der Waals surface area contributed by atoms with Crippen molar-refractivity contribution in [3.05, 3.63) is 78.0 Å². The van der Waals surface area contributed by atoms with Crippen molar-refractivity contribution in [2.45, 2.75) is 25.7 Å². The number of hydrogen-bond acceptors (Lipinski definition) is 4.